The van der Waals surface area contributed by atoms with Crippen molar-refractivity contribution < 1.29 is 4.74 Å². The van der Waals surface area contributed by atoms with E-state index in [9.17, 15) is 0 Å². The number of rotatable bonds is 4. The highest BCUT2D eigenvalue weighted by molar-refractivity contribution is 9.10. The van der Waals surface area contributed by atoms with Gasteiger partial charge in [0.05, 0.1) is 12.1 Å². The van der Waals surface area contributed by atoms with Crippen LogP contribution in [0.1, 0.15) is 31.9 Å². The van der Waals surface area contributed by atoms with Crippen LogP contribution in [0.5, 0.6) is 0 Å². The normalized spacial score (nSPS) is 26.1. The van der Waals surface area contributed by atoms with Gasteiger partial charge in [0.25, 0.3) is 0 Å². The van der Waals surface area contributed by atoms with Gasteiger partial charge in [-0.15, -0.1) is 0 Å². The summed E-state index contributed by atoms with van der Waals surface area (Å²) in [6.45, 7) is 6.28. The quantitative estimate of drug-likeness (QED) is 0.918. The number of ether oxygens (including phenoxy) is 1. The van der Waals surface area contributed by atoms with Crippen LogP contribution in [0.15, 0.2) is 28.7 Å². The fourth-order valence-corrected chi connectivity index (χ4v) is 2.72. The third kappa shape index (κ3) is 3.09. The highest BCUT2D eigenvalue weighted by Gasteiger charge is 2.32. The Morgan fingerprint density at radius 3 is 2.65 bits per heavy atom. The maximum Gasteiger partial charge on any atom is 0.0795 e. The van der Waals surface area contributed by atoms with Gasteiger partial charge in [-0.1, -0.05) is 41.9 Å². The Morgan fingerprint density at radius 1 is 1.41 bits per heavy atom. The molecule has 1 fully saturated rings. The monoisotopic (exact) mass is 297 g/mol. The zero-order valence-corrected chi connectivity index (χ0v) is 12.0. The predicted octanol–water partition coefficient (Wildman–Crippen LogP) is 3.52. The van der Waals surface area contributed by atoms with E-state index in [1.807, 2.05) is 0 Å². The van der Waals surface area contributed by atoms with E-state index in [2.05, 4.69) is 59.4 Å². The molecule has 3 heteroatoms. The van der Waals surface area contributed by atoms with Crippen LogP contribution in [0.3, 0.4) is 0 Å². The van der Waals surface area contributed by atoms with Gasteiger partial charge in [0, 0.05) is 11.1 Å². The molecule has 1 aliphatic heterocycles. The van der Waals surface area contributed by atoms with Crippen LogP contribution >= 0.6 is 15.9 Å². The molecule has 1 N–H and O–H groups in total. The standard InChI is InChI=1S/C14H20BrNO/c1-3-16-13(14-10(2)8-9-17-14)11-4-6-12(15)7-5-11/h4-7,10,13-14,16H,3,8-9H2,1-2H3. The molecule has 0 aromatic heterocycles. The fourth-order valence-electron chi connectivity index (χ4n) is 2.46. The van der Waals surface area contributed by atoms with Crippen LogP contribution in [0.2, 0.25) is 0 Å². The molecular formula is C14H20BrNO. The van der Waals surface area contributed by atoms with Gasteiger partial charge in [0.2, 0.25) is 0 Å². The minimum Gasteiger partial charge on any atom is -0.376 e. The first kappa shape index (κ1) is 13.1. The molecule has 0 spiro atoms. The van der Waals surface area contributed by atoms with E-state index in [4.69, 9.17) is 4.74 Å². The molecule has 2 rings (SSSR count). The predicted molar refractivity (Wildman–Crippen MR) is 74.1 cm³/mol. The Kier molecular flexibility index (Phi) is 4.60. The lowest BCUT2D eigenvalue weighted by Crippen LogP contribution is -2.34. The first-order chi connectivity index (χ1) is 8.22. The topological polar surface area (TPSA) is 21.3 Å². The Morgan fingerprint density at radius 2 is 2.12 bits per heavy atom. The van der Waals surface area contributed by atoms with Crippen molar-refractivity contribution in [2.24, 2.45) is 5.92 Å². The van der Waals surface area contributed by atoms with Crippen LogP contribution < -0.4 is 5.32 Å². The molecule has 1 aliphatic rings. The number of hydrogen-bond donors (Lipinski definition) is 1. The average Bonchev–Trinajstić information content (AvgIpc) is 2.74. The number of hydrogen-bond acceptors (Lipinski definition) is 2. The molecule has 17 heavy (non-hydrogen) atoms. The maximum atomic E-state index is 5.89. The smallest absolute Gasteiger partial charge is 0.0795 e. The second-order valence-electron chi connectivity index (χ2n) is 4.69. The Balaban J connectivity index is 2.18. The van der Waals surface area contributed by atoms with Gasteiger partial charge in [0.1, 0.15) is 0 Å². The van der Waals surface area contributed by atoms with Crippen molar-refractivity contribution in [2.45, 2.75) is 32.4 Å². The van der Waals surface area contributed by atoms with Crippen molar-refractivity contribution in [1.82, 2.24) is 5.32 Å². The van der Waals surface area contributed by atoms with Gasteiger partial charge >= 0.3 is 0 Å². The molecule has 3 unspecified atom stereocenters. The Hall–Kier alpha value is -0.380. The van der Waals surface area contributed by atoms with E-state index in [-0.39, 0.29) is 0 Å². The first-order valence-corrected chi connectivity index (χ1v) is 7.12. The highest BCUT2D eigenvalue weighted by atomic mass is 79.9. The van der Waals surface area contributed by atoms with Crippen molar-refractivity contribution in [2.75, 3.05) is 13.2 Å². The molecule has 1 heterocycles. The van der Waals surface area contributed by atoms with Crippen molar-refractivity contribution in [3.8, 4) is 0 Å². The second-order valence-corrected chi connectivity index (χ2v) is 5.60. The Labute approximate surface area is 112 Å². The van der Waals surface area contributed by atoms with Crippen molar-refractivity contribution in [1.29, 1.82) is 0 Å². The van der Waals surface area contributed by atoms with E-state index in [1.165, 1.54) is 12.0 Å². The number of nitrogens with one attached hydrogen (secondary N) is 1. The SMILES string of the molecule is CCNC(c1ccc(Br)cc1)C1OCCC1C. The zero-order valence-electron chi connectivity index (χ0n) is 10.4. The van der Waals surface area contributed by atoms with Crippen LogP contribution in [0.4, 0.5) is 0 Å². The summed E-state index contributed by atoms with van der Waals surface area (Å²) in [5.41, 5.74) is 1.31. The molecule has 0 radical (unpaired) electrons. The third-order valence-electron chi connectivity index (χ3n) is 3.43. The lowest BCUT2D eigenvalue weighted by Gasteiger charge is -2.27. The summed E-state index contributed by atoms with van der Waals surface area (Å²) in [7, 11) is 0. The van der Waals surface area contributed by atoms with E-state index >= 15 is 0 Å². The summed E-state index contributed by atoms with van der Waals surface area (Å²) in [6.07, 6.45) is 1.47. The van der Waals surface area contributed by atoms with Gasteiger partial charge in [-0.2, -0.15) is 0 Å². The van der Waals surface area contributed by atoms with Crippen molar-refractivity contribution in [3.05, 3.63) is 34.3 Å². The Bertz CT molecular complexity index is 352. The van der Waals surface area contributed by atoms with Gasteiger partial charge in [-0.3, -0.25) is 0 Å². The summed E-state index contributed by atoms with van der Waals surface area (Å²) in [5.74, 6) is 0.627. The van der Waals surface area contributed by atoms with E-state index in [0.717, 1.165) is 17.6 Å². The summed E-state index contributed by atoms with van der Waals surface area (Å²) >= 11 is 3.48. The largest absolute Gasteiger partial charge is 0.376 e. The maximum absolute atomic E-state index is 5.89. The first-order valence-electron chi connectivity index (χ1n) is 6.33. The van der Waals surface area contributed by atoms with Crippen LogP contribution in [0, 0.1) is 5.92 Å². The van der Waals surface area contributed by atoms with Gasteiger partial charge in [-0.05, 0) is 36.6 Å². The number of likely N-dealkylation sites (N-methyl/N-ethyl adjacent to an activating group) is 1. The molecule has 1 aromatic carbocycles. The lowest BCUT2D eigenvalue weighted by molar-refractivity contribution is 0.0612. The van der Waals surface area contributed by atoms with E-state index < -0.39 is 0 Å². The van der Waals surface area contributed by atoms with Gasteiger partial charge in [-0.25, -0.2) is 0 Å². The summed E-state index contributed by atoms with van der Waals surface area (Å²) in [6, 6.07) is 8.85. The van der Waals surface area contributed by atoms with Crippen molar-refractivity contribution in [3.63, 3.8) is 0 Å². The number of halogens is 1. The van der Waals surface area contributed by atoms with Crippen molar-refractivity contribution >= 4 is 15.9 Å². The van der Waals surface area contributed by atoms with Gasteiger partial charge in [0.15, 0.2) is 0 Å². The minimum atomic E-state index is 0.302. The average molecular weight is 298 g/mol. The molecule has 0 bridgehead atoms. The summed E-state index contributed by atoms with van der Waals surface area (Å²) in [4.78, 5) is 0. The molecule has 1 saturated heterocycles. The second kappa shape index (κ2) is 5.98. The van der Waals surface area contributed by atoms with Crippen LogP contribution in [0.25, 0.3) is 0 Å². The van der Waals surface area contributed by atoms with Crippen LogP contribution in [-0.4, -0.2) is 19.3 Å². The molecule has 0 amide bonds. The summed E-state index contributed by atoms with van der Waals surface area (Å²) in [5, 5.41) is 3.55. The third-order valence-corrected chi connectivity index (χ3v) is 3.95. The molecule has 3 atom stereocenters. The molecule has 1 aromatic rings. The fraction of sp³-hybridized carbons (Fsp3) is 0.571. The molecule has 0 saturated carbocycles. The van der Waals surface area contributed by atoms with Crippen LogP contribution in [-0.2, 0) is 4.74 Å². The highest BCUT2D eigenvalue weighted by Crippen LogP contribution is 2.31. The molecule has 0 aliphatic carbocycles. The zero-order chi connectivity index (χ0) is 12.3. The minimum absolute atomic E-state index is 0.302. The number of benzene rings is 1. The van der Waals surface area contributed by atoms with Gasteiger partial charge < -0.3 is 10.1 Å². The van der Waals surface area contributed by atoms with E-state index in [1.54, 1.807) is 0 Å². The summed E-state index contributed by atoms with van der Waals surface area (Å²) < 4.78 is 7.01. The lowest BCUT2D eigenvalue weighted by atomic mass is 9.92. The molecular weight excluding hydrogens is 278 g/mol. The molecule has 94 valence electrons. The molecule has 2 nitrogen and oxygen atoms in total. The van der Waals surface area contributed by atoms with E-state index in [0.29, 0.717) is 18.1 Å².